The first kappa shape index (κ1) is 19.2. The number of nitrogens with one attached hydrogen (secondary N) is 1. The first-order valence-corrected chi connectivity index (χ1v) is 8.45. The van der Waals surface area contributed by atoms with E-state index in [4.69, 9.17) is 14.2 Å². The maximum Gasteiger partial charge on any atom is 0.261 e. The lowest BCUT2D eigenvalue weighted by atomic mass is 9.85. The Bertz CT molecular complexity index is 961. The quantitative estimate of drug-likeness (QED) is 0.369. The third kappa shape index (κ3) is 3.59. The maximum absolute atomic E-state index is 12.9. The molecule has 0 saturated carbocycles. The SMILES string of the molecule is COc1ccc([C@@H]2C(=O)NC(=O)/C(=C\c3ccc(OC)c(OC)c3)C2=O)cc1. The average Bonchev–Trinajstić information content (AvgIpc) is 2.71. The van der Waals surface area contributed by atoms with Crippen LogP contribution in [-0.2, 0) is 14.4 Å². The van der Waals surface area contributed by atoms with Crippen molar-refractivity contribution in [2.75, 3.05) is 21.3 Å². The molecular formula is C21H19NO6. The molecule has 0 aliphatic carbocycles. The minimum atomic E-state index is -1.10. The summed E-state index contributed by atoms with van der Waals surface area (Å²) in [6.45, 7) is 0. The number of benzene rings is 2. The molecule has 1 fully saturated rings. The van der Waals surface area contributed by atoms with Gasteiger partial charge >= 0.3 is 0 Å². The molecule has 0 aromatic heterocycles. The summed E-state index contributed by atoms with van der Waals surface area (Å²) in [5, 5.41) is 2.25. The van der Waals surface area contributed by atoms with Crippen molar-refractivity contribution in [2.45, 2.75) is 5.92 Å². The van der Waals surface area contributed by atoms with Gasteiger partial charge in [-0.25, -0.2) is 0 Å². The van der Waals surface area contributed by atoms with Crippen LogP contribution in [0, 0.1) is 0 Å². The molecule has 1 N–H and O–H groups in total. The van der Waals surface area contributed by atoms with Crippen LogP contribution in [0.2, 0.25) is 0 Å². The molecule has 2 aromatic carbocycles. The van der Waals surface area contributed by atoms with Crippen LogP contribution in [0.5, 0.6) is 17.2 Å². The zero-order valence-electron chi connectivity index (χ0n) is 15.6. The lowest BCUT2D eigenvalue weighted by Gasteiger charge is -2.22. The molecule has 7 nitrogen and oxygen atoms in total. The zero-order valence-corrected chi connectivity index (χ0v) is 15.6. The highest BCUT2D eigenvalue weighted by Gasteiger charge is 2.39. The highest BCUT2D eigenvalue weighted by atomic mass is 16.5. The van der Waals surface area contributed by atoms with E-state index in [2.05, 4.69) is 5.32 Å². The second-order valence-electron chi connectivity index (χ2n) is 6.06. The van der Waals surface area contributed by atoms with E-state index < -0.39 is 23.5 Å². The maximum atomic E-state index is 12.9. The summed E-state index contributed by atoms with van der Waals surface area (Å²) in [6.07, 6.45) is 1.43. The van der Waals surface area contributed by atoms with Gasteiger partial charge in [0.25, 0.3) is 5.91 Å². The number of hydrogen-bond acceptors (Lipinski definition) is 6. The molecule has 1 heterocycles. The summed E-state index contributed by atoms with van der Waals surface area (Å²) in [4.78, 5) is 37.5. The number of hydrogen-bond donors (Lipinski definition) is 1. The van der Waals surface area contributed by atoms with Crippen molar-refractivity contribution in [1.82, 2.24) is 5.32 Å². The van der Waals surface area contributed by atoms with Crippen molar-refractivity contribution in [3.05, 3.63) is 59.2 Å². The molecule has 1 aliphatic rings. The van der Waals surface area contributed by atoms with Crippen LogP contribution in [0.25, 0.3) is 6.08 Å². The lowest BCUT2D eigenvalue weighted by Crippen LogP contribution is -2.46. The van der Waals surface area contributed by atoms with Gasteiger partial charge < -0.3 is 14.2 Å². The van der Waals surface area contributed by atoms with Crippen LogP contribution in [0.3, 0.4) is 0 Å². The van der Waals surface area contributed by atoms with E-state index in [1.165, 1.54) is 27.4 Å². The van der Waals surface area contributed by atoms with Gasteiger partial charge in [-0.3, -0.25) is 19.7 Å². The summed E-state index contributed by atoms with van der Waals surface area (Å²) in [7, 11) is 4.53. The summed E-state index contributed by atoms with van der Waals surface area (Å²) in [6, 6.07) is 11.6. The first-order valence-electron chi connectivity index (χ1n) is 8.45. The molecule has 1 aliphatic heterocycles. The fraction of sp³-hybridized carbons (Fsp3) is 0.190. The van der Waals surface area contributed by atoms with Gasteiger partial charge in [-0.1, -0.05) is 18.2 Å². The molecule has 144 valence electrons. The van der Waals surface area contributed by atoms with Crippen molar-refractivity contribution in [1.29, 1.82) is 0 Å². The molecule has 7 heteroatoms. The van der Waals surface area contributed by atoms with E-state index in [1.807, 2.05) is 0 Å². The zero-order chi connectivity index (χ0) is 20.3. The van der Waals surface area contributed by atoms with Gasteiger partial charge in [0.15, 0.2) is 17.3 Å². The van der Waals surface area contributed by atoms with Crippen molar-refractivity contribution in [2.24, 2.45) is 0 Å². The molecular weight excluding hydrogens is 362 g/mol. The molecule has 28 heavy (non-hydrogen) atoms. The smallest absolute Gasteiger partial charge is 0.261 e. The normalized spacial score (nSPS) is 18.0. The van der Waals surface area contributed by atoms with Gasteiger partial charge in [0.05, 0.1) is 26.9 Å². The Balaban J connectivity index is 1.98. The largest absolute Gasteiger partial charge is 0.497 e. The predicted molar refractivity (Wildman–Crippen MR) is 101 cm³/mol. The Hall–Kier alpha value is -3.61. The fourth-order valence-corrected chi connectivity index (χ4v) is 2.98. The second-order valence-corrected chi connectivity index (χ2v) is 6.06. The number of Topliss-reactive ketones (excluding diaryl/α,β-unsaturated/α-hetero) is 1. The van der Waals surface area contributed by atoms with Gasteiger partial charge in [-0.2, -0.15) is 0 Å². The third-order valence-corrected chi connectivity index (χ3v) is 4.44. The molecule has 0 radical (unpaired) electrons. The number of carbonyl (C=O) groups excluding carboxylic acids is 3. The van der Waals surface area contributed by atoms with Gasteiger partial charge in [0, 0.05) is 0 Å². The number of piperidine rings is 1. The number of ketones is 1. The highest BCUT2D eigenvalue weighted by molar-refractivity contribution is 6.36. The lowest BCUT2D eigenvalue weighted by molar-refractivity contribution is -0.136. The molecule has 0 unspecified atom stereocenters. The number of methoxy groups -OCH3 is 3. The Morgan fingerprint density at radius 1 is 0.857 bits per heavy atom. The van der Waals surface area contributed by atoms with Crippen LogP contribution >= 0.6 is 0 Å². The monoisotopic (exact) mass is 381 g/mol. The summed E-state index contributed by atoms with van der Waals surface area (Å²) in [5.41, 5.74) is 0.945. The van der Waals surface area contributed by atoms with E-state index in [1.54, 1.807) is 42.5 Å². The molecule has 1 saturated heterocycles. The van der Waals surface area contributed by atoms with Gasteiger partial charge in [0.1, 0.15) is 11.7 Å². The van der Waals surface area contributed by atoms with Crippen LogP contribution < -0.4 is 19.5 Å². The Morgan fingerprint density at radius 3 is 2.14 bits per heavy atom. The second kappa shape index (κ2) is 7.96. The summed E-state index contributed by atoms with van der Waals surface area (Å²) in [5.74, 6) is -1.45. The Morgan fingerprint density at radius 2 is 1.54 bits per heavy atom. The highest BCUT2D eigenvalue weighted by Crippen LogP contribution is 2.31. The molecule has 3 rings (SSSR count). The molecule has 2 amide bonds. The molecule has 1 atom stereocenters. The predicted octanol–water partition coefficient (Wildman–Crippen LogP) is 2.11. The van der Waals surface area contributed by atoms with Gasteiger partial charge in [-0.15, -0.1) is 0 Å². The van der Waals surface area contributed by atoms with Crippen LogP contribution in [0.1, 0.15) is 17.0 Å². The number of ether oxygens (including phenoxy) is 3. The van der Waals surface area contributed by atoms with E-state index in [0.717, 1.165) is 0 Å². The number of rotatable bonds is 5. The molecule has 0 spiro atoms. The number of amides is 2. The Kier molecular flexibility index (Phi) is 5.44. The summed E-state index contributed by atoms with van der Waals surface area (Å²) >= 11 is 0. The number of carbonyl (C=O) groups is 3. The molecule has 2 aromatic rings. The van der Waals surface area contributed by atoms with Crippen molar-refractivity contribution >= 4 is 23.7 Å². The third-order valence-electron chi connectivity index (χ3n) is 4.44. The van der Waals surface area contributed by atoms with Gasteiger partial charge in [-0.05, 0) is 41.5 Å². The minimum absolute atomic E-state index is 0.104. The van der Waals surface area contributed by atoms with E-state index in [0.29, 0.717) is 28.4 Å². The van der Waals surface area contributed by atoms with Crippen molar-refractivity contribution in [3.8, 4) is 17.2 Å². The van der Waals surface area contributed by atoms with Crippen LogP contribution in [0.15, 0.2) is 48.0 Å². The first-order chi connectivity index (χ1) is 13.5. The van der Waals surface area contributed by atoms with Gasteiger partial charge in [0.2, 0.25) is 5.91 Å². The van der Waals surface area contributed by atoms with Crippen LogP contribution in [-0.4, -0.2) is 38.9 Å². The average molecular weight is 381 g/mol. The fourth-order valence-electron chi connectivity index (χ4n) is 2.98. The summed E-state index contributed by atoms with van der Waals surface area (Å²) < 4.78 is 15.5. The van der Waals surface area contributed by atoms with Crippen molar-refractivity contribution in [3.63, 3.8) is 0 Å². The minimum Gasteiger partial charge on any atom is -0.497 e. The van der Waals surface area contributed by atoms with Crippen molar-refractivity contribution < 1.29 is 28.6 Å². The van der Waals surface area contributed by atoms with Crippen LogP contribution in [0.4, 0.5) is 0 Å². The van der Waals surface area contributed by atoms with E-state index in [9.17, 15) is 14.4 Å². The number of imide groups is 1. The van der Waals surface area contributed by atoms with E-state index >= 15 is 0 Å². The molecule has 0 bridgehead atoms. The Labute approximate surface area is 161 Å². The standard InChI is InChI=1S/C21H19NO6/c1-26-14-7-5-13(6-8-14)18-19(23)15(20(24)22-21(18)25)10-12-4-9-16(27-2)17(11-12)28-3/h4-11,18H,1-3H3,(H,22,24,25)/b15-10-/t18-/m0/s1. The topological polar surface area (TPSA) is 90.9 Å². The van der Waals surface area contributed by atoms with E-state index in [-0.39, 0.29) is 5.57 Å².